The second-order valence-corrected chi connectivity index (χ2v) is 3.39. The van der Waals surface area contributed by atoms with E-state index in [9.17, 15) is 9.90 Å². The normalized spacial score (nSPS) is 12.5. The highest BCUT2D eigenvalue weighted by atomic mass is 16.3. The van der Waals surface area contributed by atoms with Crippen LogP contribution in [0.2, 0.25) is 0 Å². The molecule has 13 heavy (non-hydrogen) atoms. The molecule has 2 nitrogen and oxygen atoms in total. The fourth-order valence-corrected chi connectivity index (χ4v) is 1.18. The average molecular weight is 178 g/mol. The molecule has 0 aliphatic carbocycles. The number of ketones is 1. The van der Waals surface area contributed by atoms with E-state index in [-0.39, 0.29) is 17.5 Å². The van der Waals surface area contributed by atoms with Gasteiger partial charge in [-0.05, 0) is 31.0 Å². The van der Waals surface area contributed by atoms with Crippen LogP contribution in [-0.4, -0.2) is 10.9 Å². The Morgan fingerprint density at radius 3 is 2.77 bits per heavy atom. The van der Waals surface area contributed by atoms with Crippen LogP contribution in [0.15, 0.2) is 24.3 Å². The number of Topliss-reactive ketones (excluding diaryl/α,β-unsaturated/α-hetero) is 1. The van der Waals surface area contributed by atoms with Gasteiger partial charge in [0.15, 0.2) is 0 Å². The van der Waals surface area contributed by atoms with Gasteiger partial charge in [-0.3, -0.25) is 4.79 Å². The van der Waals surface area contributed by atoms with Gasteiger partial charge >= 0.3 is 0 Å². The molecule has 70 valence electrons. The predicted octanol–water partition coefficient (Wildman–Crippen LogP) is 2.16. The molecule has 0 radical (unpaired) electrons. The Morgan fingerprint density at radius 1 is 1.54 bits per heavy atom. The van der Waals surface area contributed by atoms with Gasteiger partial charge in [0.05, 0.1) is 0 Å². The molecule has 1 aromatic rings. The highest BCUT2D eigenvalue weighted by Gasteiger charge is 2.08. The summed E-state index contributed by atoms with van der Waals surface area (Å²) >= 11 is 0. The molecule has 0 heterocycles. The van der Waals surface area contributed by atoms with Crippen LogP contribution in [0.3, 0.4) is 0 Å². The topological polar surface area (TPSA) is 37.3 Å². The first-order valence-corrected chi connectivity index (χ1v) is 4.38. The molecule has 1 atom stereocenters. The molecule has 0 spiro atoms. The minimum Gasteiger partial charge on any atom is -0.508 e. The van der Waals surface area contributed by atoms with E-state index in [2.05, 4.69) is 0 Å². The lowest BCUT2D eigenvalue weighted by atomic mass is 9.98. The number of phenolic OH excluding ortho intramolecular Hbond substituents is 1. The number of rotatable bonds is 3. The van der Waals surface area contributed by atoms with Crippen LogP contribution < -0.4 is 0 Å². The summed E-state index contributed by atoms with van der Waals surface area (Å²) in [6.07, 6.45) is 0.698. The molecule has 1 N–H and O–H groups in total. The summed E-state index contributed by atoms with van der Waals surface area (Å²) in [4.78, 5) is 11.0. The van der Waals surface area contributed by atoms with E-state index in [0.29, 0.717) is 6.42 Å². The molecule has 2 heteroatoms. The fraction of sp³-hybridized carbons (Fsp3) is 0.364. The monoisotopic (exact) mass is 178 g/mol. The molecule has 0 saturated carbocycles. The lowest BCUT2D eigenvalue weighted by molar-refractivity contribution is -0.120. The lowest BCUT2D eigenvalue weighted by Gasteiger charge is -2.07. The Labute approximate surface area is 78.2 Å². The van der Waals surface area contributed by atoms with Crippen molar-refractivity contribution >= 4 is 5.78 Å². The molecule has 0 aliphatic heterocycles. The maximum Gasteiger partial charge on any atom is 0.132 e. The largest absolute Gasteiger partial charge is 0.508 e. The standard InChI is InChI=1S/C11H14O2/c1-8(9(2)12)6-10-4-3-5-11(13)7-10/h3-5,7-8,13H,6H2,1-2H3. The van der Waals surface area contributed by atoms with E-state index >= 15 is 0 Å². The first-order chi connectivity index (χ1) is 6.09. The quantitative estimate of drug-likeness (QED) is 0.770. The van der Waals surface area contributed by atoms with Crippen LogP contribution in [0, 0.1) is 5.92 Å². The smallest absolute Gasteiger partial charge is 0.132 e. The molecule has 0 fully saturated rings. The Bertz CT molecular complexity index is 305. The van der Waals surface area contributed by atoms with Crippen LogP contribution in [0.25, 0.3) is 0 Å². The Kier molecular flexibility index (Phi) is 3.07. The second-order valence-electron chi connectivity index (χ2n) is 3.39. The number of carbonyl (C=O) groups excluding carboxylic acids is 1. The zero-order valence-corrected chi connectivity index (χ0v) is 7.95. The van der Waals surface area contributed by atoms with Crippen molar-refractivity contribution in [2.45, 2.75) is 20.3 Å². The first kappa shape index (κ1) is 9.78. The summed E-state index contributed by atoms with van der Waals surface area (Å²) in [5.74, 6) is 0.471. The van der Waals surface area contributed by atoms with Crippen molar-refractivity contribution in [3.63, 3.8) is 0 Å². The van der Waals surface area contributed by atoms with Crippen LogP contribution in [0.1, 0.15) is 19.4 Å². The summed E-state index contributed by atoms with van der Waals surface area (Å²) in [6, 6.07) is 7.03. The van der Waals surface area contributed by atoms with Gasteiger partial charge < -0.3 is 5.11 Å². The Morgan fingerprint density at radius 2 is 2.23 bits per heavy atom. The lowest BCUT2D eigenvalue weighted by Crippen LogP contribution is -2.09. The third-order valence-electron chi connectivity index (χ3n) is 2.15. The molecule has 1 unspecified atom stereocenters. The van der Waals surface area contributed by atoms with Crippen molar-refractivity contribution in [1.82, 2.24) is 0 Å². The SMILES string of the molecule is CC(=O)C(C)Cc1cccc(O)c1. The van der Waals surface area contributed by atoms with E-state index in [1.54, 1.807) is 25.1 Å². The molecule has 1 aromatic carbocycles. The van der Waals surface area contributed by atoms with E-state index in [4.69, 9.17) is 0 Å². The molecule has 0 aliphatic rings. The molecule has 0 amide bonds. The zero-order valence-electron chi connectivity index (χ0n) is 7.95. The van der Waals surface area contributed by atoms with Crippen molar-refractivity contribution in [2.75, 3.05) is 0 Å². The van der Waals surface area contributed by atoms with Gasteiger partial charge in [0.1, 0.15) is 11.5 Å². The number of hydrogen-bond acceptors (Lipinski definition) is 2. The molecule has 0 aromatic heterocycles. The average Bonchev–Trinajstić information content (AvgIpc) is 2.04. The van der Waals surface area contributed by atoms with Gasteiger partial charge in [0, 0.05) is 5.92 Å². The van der Waals surface area contributed by atoms with Crippen LogP contribution in [0.4, 0.5) is 0 Å². The molecular weight excluding hydrogens is 164 g/mol. The highest BCUT2D eigenvalue weighted by Crippen LogP contribution is 2.14. The van der Waals surface area contributed by atoms with Crippen molar-refractivity contribution in [1.29, 1.82) is 0 Å². The number of carbonyl (C=O) groups is 1. The summed E-state index contributed by atoms with van der Waals surface area (Å²) in [6.45, 7) is 3.49. The van der Waals surface area contributed by atoms with Crippen LogP contribution >= 0.6 is 0 Å². The van der Waals surface area contributed by atoms with Gasteiger partial charge in [-0.15, -0.1) is 0 Å². The minimum absolute atomic E-state index is 0.0294. The molecular formula is C11H14O2. The van der Waals surface area contributed by atoms with Crippen molar-refractivity contribution in [3.05, 3.63) is 29.8 Å². The van der Waals surface area contributed by atoms with Crippen molar-refractivity contribution in [3.8, 4) is 5.75 Å². The van der Waals surface area contributed by atoms with E-state index in [0.717, 1.165) is 5.56 Å². The molecule has 1 rings (SSSR count). The van der Waals surface area contributed by atoms with E-state index in [1.165, 1.54) is 0 Å². The highest BCUT2D eigenvalue weighted by molar-refractivity contribution is 5.78. The second kappa shape index (κ2) is 4.08. The number of phenols is 1. The number of benzene rings is 1. The minimum atomic E-state index is 0.0294. The fourth-order valence-electron chi connectivity index (χ4n) is 1.18. The Hall–Kier alpha value is -1.31. The maximum atomic E-state index is 11.0. The van der Waals surface area contributed by atoms with Gasteiger partial charge in [-0.2, -0.15) is 0 Å². The van der Waals surface area contributed by atoms with Gasteiger partial charge in [0.2, 0.25) is 0 Å². The van der Waals surface area contributed by atoms with E-state index in [1.807, 2.05) is 13.0 Å². The third-order valence-corrected chi connectivity index (χ3v) is 2.15. The molecule has 0 saturated heterocycles. The number of hydrogen-bond donors (Lipinski definition) is 1. The molecule has 0 bridgehead atoms. The van der Waals surface area contributed by atoms with Gasteiger partial charge in [-0.25, -0.2) is 0 Å². The van der Waals surface area contributed by atoms with Gasteiger partial charge in [0.25, 0.3) is 0 Å². The van der Waals surface area contributed by atoms with E-state index < -0.39 is 0 Å². The Balaban J connectivity index is 2.69. The maximum absolute atomic E-state index is 11.0. The van der Waals surface area contributed by atoms with Crippen molar-refractivity contribution < 1.29 is 9.90 Å². The van der Waals surface area contributed by atoms with Gasteiger partial charge in [-0.1, -0.05) is 19.1 Å². The summed E-state index contributed by atoms with van der Waals surface area (Å²) in [7, 11) is 0. The predicted molar refractivity (Wildman–Crippen MR) is 51.7 cm³/mol. The zero-order chi connectivity index (χ0) is 9.84. The summed E-state index contributed by atoms with van der Waals surface area (Å²) < 4.78 is 0. The van der Waals surface area contributed by atoms with Crippen LogP contribution in [0.5, 0.6) is 5.75 Å². The number of aromatic hydroxyl groups is 1. The third kappa shape index (κ3) is 2.90. The van der Waals surface area contributed by atoms with Crippen LogP contribution in [-0.2, 0) is 11.2 Å². The van der Waals surface area contributed by atoms with Crippen molar-refractivity contribution in [2.24, 2.45) is 5.92 Å². The summed E-state index contributed by atoms with van der Waals surface area (Å²) in [5, 5.41) is 9.18. The summed E-state index contributed by atoms with van der Waals surface area (Å²) in [5.41, 5.74) is 1.00. The first-order valence-electron chi connectivity index (χ1n) is 4.38.